The molecule has 0 radical (unpaired) electrons. The smallest absolute Gasteiger partial charge is 0.257 e. The van der Waals surface area contributed by atoms with E-state index >= 15 is 0 Å². The van der Waals surface area contributed by atoms with Crippen molar-refractivity contribution in [2.75, 3.05) is 26.2 Å². The van der Waals surface area contributed by atoms with Crippen molar-refractivity contribution < 1.29 is 9.47 Å². The highest BCUT2D eigenvalue weighted by Gasteiger charge is 2.32. The third-order valence-corrected chi connectivity index (χ3v) is 5.54. The average molecular weight is 382 g/mol. The molecule has 1 N–H and O–H groups in total. The third-order valence-electron chi connectivity index (χ3n) is 5.54. The van der Waals surface area contributed by atoms with Crippen LogP contribution in [0.25, 0.3) is 0 Å². The number of benzene rings is 1. The molecule has 1 aromatic heterocycles. The molecule has 0 spiro atoms. The van der Waals surface area contributed by atoms with Gasteiger partial charge in [-0.3, -0.25) is 4.90 Å². The maximum absolute atomic E-state index is 6.22. The van der Waals surface area contributed by atoms with Gasteiger partial charge in [0.25, 0.3) is 5.88 Å². The van der Waals surface area contributed by atoms with Crippen molar-refractivity contribution in [3.8, 4) is 11.6 Å². The Kier molecular flexibility index (Phi) is 5.30. The molecule has 1 fully saturated rings. The van der Waals surface area contributed by atoms with Crippen LogP contribution >= 0.6 is 0 Å². The van der Waals surface area contributed by atoms with E-state index in [-0.39, 0.29) is 5.60 Å². The zero-order valence-corrected chi connectivity index (χ0v) is 17.4. The molecular weight excluding hydrogens is 350 g/mol. The fourth-order valence-electron chi connectivity index (χ4n) is 4.11. The topological polar surface area (TPSA) is 46.6 Å². The Labute approximate surface area is 168 Å². The minimum Gasteiger partial charge on any atom is -0.478 e. The molecule has 2 aliphatic heterocycles. The van der Waals surface area contributed by atoms with Crippen LogP contribution in [0.1, 0.15) is 56.3 Å². The summed E-state index contributed by atoms with van der Waals surface area (Å²) in [5.74, 6) is 1.94. The van der Waals surface area contributed by atoms with Crippen LogP contribution in [-0.4, -0.2) is 41.7 Å². The van der Waals surface area contributed by atoms with Gasteiger partial charge in [-0.2, -0.15) is 0 Å². The van der Waals surface area contributed by atoms with Crippen LogP contribution < -0.4 is 14.8 Å². The Morgan fingerprint density at radius 1 is 1.25 bits per heavy atom. The molecule has 28 heavy (non-hydrogen) atoms. The van der Waals surface area contributed by atoms with Gasteiger partial charge in [0.1, 0.15) is 12.2 Å². The van der Waals surface area contributed by atoms with Gasteiger partial charge in [0.15, 0.2) is 5.75 Å². The van der Waals surface area contributed by atoms with Crippen molar-refractivity contribution >= 4 is 0 Å². The monoisotopic (exact) mass is 381 g/mol. The fraction of sp³-hybridized carbons (Fsp3) is 0.522. The summed E-state index contributed by atoms with van der Waals surface area (Å²) >= 11 is 0. The van der Waals surface area contributed by atoms with Gasteiger partial charge in [-0.05, 0) is 37.0 Å². The molecule has 4 rings (SSSR count). The van der Waals surface area contributed by atoms with Gasteiger partial charge >= 0.3 is 0 Å². The number of nitrogens with one attached hydrogen (secondary N) is 1. The number of piperazine rings is 1. The number of rotatable bonds is 4. The summed E-state index contributed by atoms with van der Waals surface area (Å²) in [6.07, 6.45) is 1.82. The lowest BCUT2D eigenvalue weighted by Crippen LogP contribution is -2.46. The van der Waals surface area contributed by atoms with Crippen LogP contribution in [0.5, 0.6) is 11.6 Å². The summed E-state index contributed by atoms with van der Waals surface area (Å²) < 4.78 is 12.1. The minimum absolute atomic E-state index is 0.326. The maximum atomic E-state index is 6.22. The summed E-state index contributed by atoms with van der Waals surface area (Å²) in [7, 11) is 0. The SMILES string of the molecule is CC(C)c1ccccc1[C@@H]1CN(Cc2ccnc3c2OC(C)(C)CO3)CCN1. The zero-order valence-electron chi connectivity index (χ0n) is 17.4. The molecule has 5 heteroatoms. The molecule has 2 aromatic rings. The Hall–Kier alpha value is -2.11. The lowest BCUT2D eigenvalue weighted by Gasteiger charge is -2.37. The Morgan fingerprint density at radius 3 is 2.89 bits per heavy atom. The standard InChI is InChI=1S/C23H31N3O2/c1-16(2)18-7-5-6-8-19(18)20-14-26(12-11-24-20)13-17-9-10-25-22-21(17)28-23(3,4)15-27-22/h5-10,16,20,24H,11-15H2,1-4H3/t20-/m0/s1. The number of hydrogen-bond acceptors (Lipinski definition) is 5. The van der Waals surface area contributed by atoms with Gasteiger partial charge in [0, 0.05) is 44.0 Å². The van der Waals surface area contributed by atoms with Crippen molar-refractivity contribution in [2.24, 2.45) is 0 Å². The van der Waals surface area contributed by atoms with Gasteiger partial charge in [0.2, 0.25) is 0 Å². The molecule has 1 saturated heterocycles. The summed E-state index contributed by atoms with van der Waals surface area (Å²) in [5, 5.41) is 3.71. The summed E-state index contributed by atoms with van der Waals surface area (Å²) in [5.41, 5.74) is 3.67. The first kappa shape index (κ1) is 19.2. The van der Waals surface area contributed by atoms with Gasteiger partial charge in [0.05, 0.1) is 0 Å². The number of pyridine rings is 1. The molecule has 150 valence electrons. The quantitative estimate of drug-likeness (QED) is 0.870. The van der Waals surface area contributed by atoms with E-state index in [0.717, 1.165) is 37.5 Å². The fourth-order valence-corrected chi connectivity index (χ4v) is 4.11. The Bertz CT molecular complexity index is 834. The molecule has 1 aromatic carbocycles. The van der Waals surface area contributed by atoms with Crippen molar-refractivity contribution in [1.29, 1.82) is 0 Å². The second-order valence-electron chi connectivity index (χ2n) is 8.78. The Balaban J connectivity index is 1.53. The maximum Gasteiger partial charge on any atom is 0.257 e. The largest absolute Gasteiger partial charge is 0.478 e. The van der Waals surface area contributed by atoms with Crippen LogP contribution in [0.2, 0.25) is 0 Å². The van der Waals surface area contributed by atoms with E-state index in [1.807, 2.05) is 6.20 Å². The highest BCUT2D eigenvalue weighted by Crippen LogP contribution is 2.37. The first-order valence-electron chi connectivity index (χ1n) is 10.3. The predicted molar refractivity (Wildman–Crippen MR) is 111 cm³/mol. The van der Waals surface area contributed by atoms with Crippen LogP contribution in [0, 0.1) is 0 Å². The average Bonchev–Trinajstić information content (AvgIpc) is 2.68. The number of hydrogen-bond donors (Lipinski definition) is 1. The van der Waals surface area contributed by atoms with Crippen molar-refractivity contribution in [3.05, 3.63) is 53.2 Å². The van der Waals surface area contributed by atoms with Crippen LogP contribution in [0.4, 0.5) is 0 Å². The molecule has 0 aliphatic carbocycles. The van der Waals surface area contributed by atoms with Crippen molar-refractivity contribution in [2.45, 2.75) is 51.8 Å². The first-order chi connectivity index (χ1) is 13.4. The van der Waals surface area contributed by atoms with Crippen LogP contribution in [0.15, 0.2) is 36.5 Å². The van der Waals surface area contributed by atoms with Crippen molar-refractivity contribution in [1.82, 2.24) is 15.2 Å². The van der Waals surface area contributed by atoms with Gasteiger partial charge in [-0.15, -0.1) is 0 Å². The lowest BCUT2D eigenvalue weighted by atomic mass is 9.92. The second kappa shape index (κ2) is 7.72. The molecule has 5 nitrogen and oxygen atoms in total. The van der Waals surface area contributed by atoms with Gasteiger partial charge in [-0.1, -0.05) is 38.1 Å². The minimum atomic E-state index is -0.326. The molecule has 0 saturated carbocycles. The number of aromatic nitrogens is 1. The van der Waals surface area contributed by atoms with E-state index in [0.29, 0.717) is 24.4 Å². The first-order valence-corrected chi connectivity index (χ1v) is 10.3. The predicted octanol–water partition coefficient (Wildman–Crippen LogP) is 3.90. The van der Waals surface area contributed by atoms with Crippen LogP contribution in [0.3, 0.4) is 0 Å². The molecule has 0 amide bonds. The van der Waals surface area contributed by atoms with E-state index in [1.165, 1.54) is 11.1 Å². The number of fused-ring (bicyclic) bond motifs is 1. The highest BCUT2D eigenvalue weighted by atomic mass is 16.6. The number of nitrogens with zero attached hydrogens (tertiary/aromatic N) is 2. The van der Waals surface area contributed by atoms with E-state index < -0.39 is 0 Å². The summed E-state index contributed by atoms with van der Waals surface area (Å²) in [6, 6.07) is 11.2. The summed E-state index contributed by atoms with van der Waals surface area (Å²) in [6.45, 7) is 13.0. The Morgan fingerprint density at radius 2 is 2.07 bits per heavy atom. The normalized spacial score (nSPS) is 21.7. The van der Waals surface area contributed by atoms with Gasteiger partial charge < -0.3 is 14.8 Å². The highest BCUT2D eigenvalue weighted by molar-refractivity contribution is 5.43. The lowest BCUT2D eigenvalue weighted by molar-refractivity contribution is 0.0157. The van der Waals surface area contributed by atoms with E-state index in [1.54, 1.807) is 0 Å². The molecular formula is C23H31N3O2. The number of ether oxygens (including phenoxy) is 2. The molecule has 0 unspecified atom stereocenters. The van der Waals surface area contributed by atoms with Crippen LogP contribution in [-0.2, 0) is 6.54 Å². The third kappa shape index (κ3) is 4.01. The van der Waals surface area contributed by atoms with E-state index in [2.05, 4.69) is 73.2 Å². The van der Waals surface area contributed by atoms with E-state index in [9.17, 15) is 0 Å². The second-order valence-corrected chi connectivity index (χ2v) is 8.78. The molecule has 2 aliphatic rings. The zero-order chi connectivity index (χ0) is 19.7. The molecule has 0 bridgehead atoms. The molecule has 1 atom stereocenters. The molecule has 3 heterocycles. The van der Waals surface area contributed by atoms with E-state index in [4.69, 9.17) is 9.47 Å². The van der Waals surface area contributed by atoms with Crippen molar-refractivity contribution in [3.63, 3.8) is 0 Å². The summed E-state index contributed by atoms with van der Waals surface area (Å²) in [4.78, 5) is 6.85. The van der Waals surface area contributed by atoms with Gasteiger partial charge in [-0.25, -0.2) is 4.98 Å².